The number of aryl methyl sites for hydroxylation is 1. The highest BCUT2D eigenvalue weighted by Crippen LogP contribution is 2.35. The molecule has 0 aromatic carbocycles. The van der Waals surface area contributed by atoms with E-state index in [-0.39, 0.29) is 11.7 Å². The fourth-order valence-corrected chi connectivity index (χ4v) is 3.76. The molecule has 0 spiro atoms. The van der Waals surface area contributed by atoms with E-state index in [1.54, 1.807) is 31.7 Å². The van der Waals surface area contributed by atoms with Gasteiger partial charge in [0.1, 0.15) is 24.2 Å². The molecular weight excluding hydrogens is 414 g/mol. The molecule has 0 aliphatic rings. The van der Waals surface area contributed by atoms with Crippen LogP contribution >= 0.6 is 7.14 Å². The van der Waals surface area contributed by atoms with E-state index in [1.165, 1.54) is 12.3 Å². The van der Waals surface area contributed by atoms with Crippen LogP contribution in [-0.4, -0.2) is 39.4 Å². The number of rotatable bonds is 6. The van der Waals surface area contributed by atoms with Gasteiger partial charge in [-0.3, -0.25) is 9.97 Å². The largest absolute Gasteiger partial charge is 0.394 e. The number of halogens is 3. The molecule has 3 rings (SSSR count). The molecule has 0 amide bonds. The van der Waals surface area contributed by atoms with Crippen LogP contribution in [0.1, 0.15) is 37.0 Å². The Labute approximate surface area is 172 Å². The van der Waals surface area contributed by atoms with E-state index in [4.69, 9.17) is 0 Å². The molecule has 1 N–H and O–H groups in total. The van der Waals surface area contributed by atoms with E-state index in [0.29, 0.717) is 40.0 Å². The molecule has 30 heavy (non-hydrogen) atoms. The highest BCUT2D eigenvalue weighted by atomic mass is 31.2. The zero-order chi connectivity index (χ0) is 22.1. The molecule has 0 aliphatic heterocycles. The Kier molecular flexibility index (Phi) is 6.13. The summed E-state index contributed by atoms with van der Waals surface area (Å²) in [7, 11) is -2.59. The smallest absolute Gasteiger partial charge is 0.363 e. The van der Waals surface area contributed by atoms with Crippen molar-refractivity contribution in [1.82, 2.24) is 19.9 Å². The summed E-state index contributed by atoms with van der Waals surface area (Å²) in [5, 5.41) is 3.93. The van der Waals surface area contributed by atoms with Gasteiger partial charge in [0.05, 0.1) is 24.2 Å². The Hall–Kier alpha value is -2.54. The van der Waals surface area contributed by atoms with E-state index in [9.17, 15) is 17.7 Å². The summed E-state index contributed by atoms with van der Waals surface area (Å²) >= 11 is 0. The fraction of sp³-hybridized carbons (Fsp3) is 0.400. The topological polar surface area (TPSA) is 80.7 Å². The van der Waals surface area contributed by atoms with Crippen molar-refractivity contribution < 1.29 is 17.7 Å². The lowest BCUT2D eigenvalue weighted by atomic mass is 10.1. The molecule has 1 unspecified atom stereocenters. The maximum absolute atomic E-state index is 12.7. The molecular formula is C20H23F3N5OP. The second-order valence-electron chi connectivity index (χ2n) is 7.49. The third-order valence-corrected chi connectivity index (χ3v) is 5.91. The quantitative estimate of drug-likeness (QED) is 0.572. The minimum absolute atomic E-state index is 0.0418. The number of nitrogens with one attached hydrogen (secondary N) is 1. The molecule has 3 aromatic heterocycles. The average molecular weight is 437 g/mol. The molecule has 0 radical (unpaired) electrons. The maximum Gasteiger partial charge on any atom is 0.394 e. The van der Waals surface area contributed by atoms with Gasteiger partial charge in [-0.1, -0.05) is 6.92 Å². The second kappa shape index (κ2) is 8.30. The normalized spacial score (nSPS) is 13.4. The van der Waals surface area contributed by atoms with Crippen molar-refractivity contribution in [1.29, 1.82) is 0 Å². The van der Waals surface area contributed by atoms with Crippen LogP contribution in [0.2, 0.25) is 0 Å². The second-order valence-corrected chi connectivity index (χ2v) is 10.7. The van der Waals surface area contributed by atoms with E-state index >= 15 is 0 Å². The number of anilines is 1. The van der Waals surface area contributed by atoms with Crippen molar-refractivity contribution in [3.05, 3.63) is 47.7 Å². The highest BCUT2D eigenvalue weighted by Gasteiger charge is 2.28. The van der Waals surface area contributed by atoms with Gasteiger partial charge in [-0.15, -0.1) is 0 Å². The van der Waals surface area contributed by atoms with Crippen LogP contribution in [0.25, 0.3) is 10.9 Å². The standard InChI is InChI=1S/C20H23F3N5OP/c1-5-17-27-16-11-25-18(30(3,4)29)9-15(16)19(28-17)26-12(2)13-6-7-24-14(8-13)10-20(21,22)23/h6-9,11-12H,5,10H2,1-4H3,(H,26,27,28). The summed E-state index contributed by atoms with van der Waals surface area (Å²) in [5.74, 6) is 1.13. The first-order chi connectivity index (χ1) is 14.0. The Morgan fingerprint density at radius 3 is 2.53 bits per heavy atom. The molecule has 160 valence electrons. The van der Waals surface area contributed by atoms with Crippen molar-refractivity contribution in [2.24, 2.45) is 0 Å². The first-order valence-electron chi connectivity index (χ1n) is 9.46. The van der Waals surface area contributed by atoms with Crippen molar-refractivity contribution in [2.45, 2.75) is 38.9 Å². The first-order valence-corrected chi connectivity index (χ1v) is 12.1. The van der Waals surface area contributed by atoms with Crippen LogP contribution in [0.3, 0.4) is 0 Å². The Bertz CT molecular complexity index is 1110. The lowest BCUT2D eigenvalue weighted by Gasteiger charge is -2.18. The Morgan fingerprint density at radius 2 is 1.90 bits per heavy atom. The number of hydrogen-bond acceptors (Lipinski definition) is 6. The van der Waals surface area contributed by atoms with Crippen molar-refractivity contribution in [3.63, 3.8) is 0 Å². The Balaban J connectivity index is 1.99. The number of alkyl halides is 3. The van der Waals surface area contributed by atoms with Crippen LogP contribution in [-0.2, 0) is 17.4 Å². The third kappa shape index (κ3) is 5.33. The highest BCUT2D eigenvalue weighted by molar-refractivity contribution is 7.69. The Morgan fingerprint density at radius 1 is 1.17 bits per heavy atom. The summed E-state index contributed by atoms with van der Waals surface area (Å²) in [4.78, 5) is 17.1. The van der Waals surface area contributed by atoms with Crippen molar-refractivity contribution in [3.8, 4) is 0 Å². The molecule has 1 atom stereocenters. The summed E-state index contributed by atoms with van der Waals surface area (Å²) in [6.07, 6.45) is -1.85. The van der Waals surface area contributed by atoms with Gasteiger partial charge in [0, 0.05) is 23.7 Å². The van der Waals surface area contributed by atoms with Crippen LogP contribution in [0.5, 0.6) is 0 Å². The van der Waals surface area contributed by atoms with E-state index in [1.807, 2.05) is 13.8 Å². The van der Waals surface area contributed by atoms with Gasteiger partial charge in [-0.25, -0.2) is 9.97 Å². The average Bonchev–Trinajstić information content (AvgIpc) is 2.65. The molecule has 0 saturated heterocycles. The predicted molar refractivity (Wildman–Crippen MR) is 112 cm³/mol. The number of nitrogens with zero attached hydrogens (tertiary/aromatic N) is 4. The van der Waals surface area contributed by atoms with Crippen LogP contribution in [0.4, 0.5) is 19.0 Å². The molecule has 3 heterocycles. The SMILES string of the molecule is CCc1nc(NC(C)c2ccnc(CC(F)(F)F)c2)c2cc(P(C)(C)=O)ncc2n1. The van der Waals surface area contributed by atoms with Crippen LogP contribution in [0.15, 0.2) is 30.6 Å². The molecule has 0 fully saturated rings. The van der Waals surface area contributed by atoms with E-state index in [0.717, 1.165) is 0 Å². The summed E-state index contributed by atoms with van der Waals surface area (Å²) in [6, 6.07) is 4.48. The van der Waals surface area contributed by atoms with Crippen LogP contribution in [0, 0.1) is 0 Å². The maximum atomic E-state index is 12.7. The van der Waals surface area contributed by atoms with E-state index in [2.05, 4.69) is 25.3 Å². The zero-order valence-corrected chi connectivity index (χ0v) is 18.1. The van der Waals surface area contributed by atoms with Gasteiger partial charge in [0.25, 0.3) is 0 Å². The third-order valence-electron chi connectivity index (χ3n) is 4.56. The number of hydrogen-bond donors (Lipinski definition) is 1. The number of fused-ring (bicyclic) bond motifs is 1. The van der Waals surface area contributed by atoms with E-state index < -0.39 is 19.7 Å². The fourth-order valence-electron chi connectivity index (χ4n) is 2.99. The summed E-state index contributed by atoms with van der Waals surface area (Å²) < 4.78 is 50.6. The minimum atomic E-state index is -4.32. The molecule has 0 bridgehead atoms. The van der Waals surface area contributed by atoms with Crippen molar-refractivity contribution in [2.75, 3.05) is 18.6 Å². The summed E-state index contributed by atoms with van der Waals surface area (Å²) in [5.41, 5.74) is 1.69. The van der Waals surface area contributed by atoms with Crippen molar-refractivity contribution >= 4 is 29.3 Å². The zero-order valence-electron chi connectivity index (χ0n) is 17.2. The number of aromatic nitrogens is 4. The molecule has 10 heteroatoms. The van der Waals surface area contributed by atoms with Gasteiger partial charge in [-0.2, -0.15) is 13.2 Å². The van der Waals surface area contributed by atoms with Gasteiger partial charge in [0.15, 0.2) is 0 Å². The minimum Gasteiger partial charge on any atom is -0.363 e. The number of pyridine rings is 2. The lowest BCUT2D eigenvalue weighted by Crippen LogP contribution is -2.15. The first kappa shape index (κ1) is 22.2. The van der Waals surface area contributed by atoms with Gasteiger partial charge < -0.3 is 9.88 Å². The van der Waals surface area contributed by atoms with Gasteiger partial charge >= 0.3 is 6.18 Å². The lowest BCUT2D eigenvalue weighted by molar-refractivity contribution is -0.127. The summed E-state index contributed by atoms with van der Waals surface area (Å²) in [6.45, 7) is 7.03. The van der Waals surface area contributed by atoms with Gasteiger partial charge in [-0.05, 0) is 44.0 Å². The van der Waals surface area contributed by atoms with Gasteiger partial charge in [0.2, 0.25) is 0 Å². The van der Waals surface area contributed by atoms with Crippen LogP contribution < -0.4 is 10.8 Å². The molecule has 6 nitrogen and oxygen atoms in total. The molecule has 3 aromatic rings. The predicted octanol–water partition coefficient (Wildman–Crippen LogP) is 4.51. The molecule has 0 saturated carbocycles. The monoisotopic (exact) mass is 437 g/mol. The molecule has 0 aliphatic carbocycles.